The number of anilines is 1. The highest BCUT2D eigenvalue weighted by atomic mass is 35.5. The fraction of sp³-hybridized carbons (Fsp3) is 0.367. The van der Waals surface area contributed by atoms with E-state index in [0.29, 0.717) is 63.8 Å². The largest absolute Gasteiger partial charge is 0.490 e. The second-order valence-corrected chi connectivity index (χ2v) is 11.0. The van der Waals surface area contributed by atoms with Gasteiger partial charge < -0.3 is 19.5 Å². The quantitative estimate of drug-likeness (QED) is 0.130. The summed E-state index contributed by atoms with van der Waals surface area (Å²) < 4.78 is 19.2. The number of allylic oxidation sites excluding steroid dienone is 1. The van der Waals surface area contributed by atoms with Crippen LogP contribution in [0.25, 0.3) is 0 Å². The van der Waals surface area contributed by atoms with Crippen LogP contribution in [0, 0.1) is 5.92 Å². The number of hydrogen-bond donors (Lipinski definition) is 1. The Labute approximate surface area is 244 Å². The van der Waals surface area contributed by atoms with Gasteiger partial charge in [0.2, 0.25) is 11.1 Å². The third kappa shape index (κ3) is 7.01. The third-order valence-electron chi connectivity index (χ3n) is 6.24. The summed E-state index contributed by atoms with van der Waals surface area (Å²) in [6, 6.07) is 12.8. The Bertz CT molecular complexity index is 1390. The van der Waals surface area contributed by atoms with Gasteiger partial charge in [0.1, 0.15) is 12.6 Å². The lowest BCUT2D eigenvalue weighted by Crippen LogP contribution is -2.29. The molecule has 1 aliphatic rings. The number of thioether (sulfide) groups is 1. The van der Waals surface area contributed by atoms with E-state index in [2.05, 4.69) is 25.7 Å². The molecule has 4 rings (SSSR count). The van der Waals surface area contributed by atoms with Crippen LogP contribution in [0.4, 0.5) is 5.95 Å². The maximum Gasteiger partial charge on any atom is 0.338 e. The van der Waals surface area contributed by atoms with Crippen LogP contribution in [0.5, 0.6) is 11.5 Å². The molecule has 0 bridgehead atoms. The highest BCUT2D eigenvalue weighted by Gasteiger charge is 2.35. The molecule has 2 heterocycles. The smallest absolute Gasteiger partial charge is 0.338 e. The number of carbonyl (C=O) groups is 1. The molecule has 1 N–H and O–H groups in total. The van der Waals surface area contributed by atoms with Gasteiger partial charge in [-0.3, -0.25) is 0 Å². The molecule has 0 spiro atoms. The minimum absolute atomic E-state index is 0.0955. The van der Waals surface area contributed by atoms with Gasteiger partial charge >= 0.3 is 5.97 Å². The van der Waals surface area contributed by atoms with Crippen molar-refractivity contribution in [1.82, 2.24) is 14.8 Å². The zero-order chi connectivity index (χ0) is 28.6. The fourth-order valence-corrected chi connectivity index (χ4v) is 5.34. The number of halogens is 1. The number of nitrogens with zero attached hydrogens (tertiary/aromatic N) is 3. The zero-order valence-electron chi connectivity index (χ0n) is 23.3. The van der Waals surface area contributed by atoms with Crippen molar-refractivity contribution in [3.8, 4) is 11.5 Å². The average molecular weight is 583 g/mol. The van der Waals surface area contributed by atoms with Crippen LogP contribution in [-0.4, -0.2) is 40.6 Å². The van der Waals surface area contributed by atoms with E-state index in [-0.39, 0.29) is 6.61 Å². The van der Waals surface area contributed by atoms with E-state index in [9.17, 15) is 4.79 Å². The number of carbonyl (C=O) groups excluding carboxylic acids is 1. The molecule has 1 atom stereocenters. The van der Waals surface area contributed by atoms with E-state index in [1.807, 2.05) is 56.3 Å². The third-order valence-corrected chi connectivity index (χ3v) is 7.49. The monoisotopic (exact) mass is 582 g/mol. The highest BCUT2D eigenvalue weighted by Crippen LogP contribution is 2.40. The number of aromatic nitrogens is 3. The van der Waals surface area contributed by atoms with E-state index < -0.39 is 12.0 Å². The molecule has 40 heavy (non-hydrogen) atoms. The molecule has 1 aliphatic heterocycles. The molecular formula is C30H35ClN4O4S. The van der Waals surface area contributed by atoms with E-state index in [1.165, 1.54) is 11.8 Å². The molecule has 3 aromatic rings. The van der Waals surface area contributed by atoms with Crippen LogP contribution in [0.15, 0.2) is 71.5 Å². The fourth-order valence-electron chi connectivity index (χ4n) is 4.22. The van der Waals surface area contributed by atoms with Gasteiger partial charge in [0.25, 0.3) is 0 Å². The minimum Gasteiger partial charge on any atom is -0.490 e. The van der Waals surface area contributed by atoms with Crippen LogP contribution in [0.1, 0.15) is 51.3 Å². The molecule has 2 aromatic carbocycles. The summed E-state index contributed by atoms with van der Waals surface area (Å²) in [4.78, 5) is 18.0. The van der Waals surface area contributed by atoms with Crippen molar-refractivity contribution in [3.05, 3.63) is 82.5 Å². The van der Waals surface area contributed by atoms with Crippen molar-refractivity contribution < 1.29 is 19.0 Å². The molecule has 8 nitrogen and oxygen atoms in total. The standard InChI is InChI=1S/C30H35ClN4O4S/c1-6-15-39-28(36)26-20(5)32-29-33-30(40-18-22-10-8-9-11-23(22)31)34-35(29)27(26)21-12-13-24(25(17-21)37-7-2)38-16-14-19(3)4/h6,8-13,17,19,27H,1,7,14-16,18H2,2-5H3,(H,32,33,34). The van der Waals surface area contributed by atoms with Gasteiger partial charge in [-0.05, 0) is 55.5 Å². The molecule has 0 fully saturated rings. The zero-order valence-corrected chi connectivity index (χ0v) is 24.8. The summed E-state index contributed by atoms with van der Waals surface area (Å²) in [5, 5.41) is 9.28. The molecule has 1 unspecified atom stereocenters. The molecule has 0 aliphatic carbocycles. The second kappa shape index (κ2) is 13.8. The Hall–Kier alpha value is -3.43. The van der Waals surface area contributed by atoms with Gasteiger partial charge in [-0.25, -0.2) is 9.48 Å². The van der Waals surface area contributed by atoms with Crippen LogP contribution in [0.2, 0.25) is 5.02 Å². The Morgan fingerprint density at radius 3 is 2.75 bits per heavy atom. The first kappa shape index (κ1) is 29.6. The molecular weight excluding hydrogens is 548 g/mol. The summed E-state index contributed by atoms with van der Waals surface area (Å²) in [7, 11) is 0. The van der Waals surface area contributed by atoms with Gasteiger partial charge in [-0.15, -0.1) is 5.10 Å². The molecule has 0 radical (unpaired) electrons. The predicted molar refractivity (Wildman–Crippen MR) is 159 cm³/mol. The van der Waals surface area contributed by atoms with Crippen molar-refractivity contribution in [2.75, 3.05) is 25.1 Å². The maximum atomic E-state index is 13.3. The highest BCUT2D eigenvalue weighted by molar-refractivity contribution is 7.98. The first-order chi connectivity index (χ1) is 19.3. The van der Waals surface area contributed by atoms with Crippen molar-refractivity contribution in [1.29, 1.82) is 0 Å². The summed E-state index contributed by atoms with van der Waals surface area (Å²) in [5.41, 5.74) is 2.85. The van der Waals surface area contributed by atoms with E-state index in [0.717, 1.165) is 17.5 Å². The number of ether oxygens (including phenoxy) is 3. The number of benzene rings is 2. The van der Waals surface area contributed by atoms with Gasteiger partial charge in [0.15, 0.2) is 11.5 Å². The minimum atomic E-state index is -0.598. The number of esters is 1. The molecule has 212 valence electrons. The Morgan fingerprint density at radius 1 is 1.23 bits per heavy atom. The van der Waals surface area contributed by atoms with Gasteiger partial charge in [0.05, 0.1) is 18.8 Å². The summed E-state index contributed by atoms with van der Waals surface area (Å²) in [6.45, 7) is 12.9. The maximum absolute atomic E-state index is 13.3. The van der Waals surface area contributed by atoms with Crippen LogP contribution in [0.3, 0.4) is 0 Å². The molecule has 0 amide bonds. The molecule has 1 aromatic heterocycles. The van der Waals surface area contributed by atoms with Crippen molar-refractivity contribution in [3.63, 3.8) is 0 Å². The van der Waals surface area contributed by atoms with E-state index in [4.69, 9.17) is 35.9 Å². The lowest BCUT2D eigenvalue weighted by Gasteiger charge is -2.28. The Kier molecular flexibility index (Phi) is 10.2. The lowest BCUT2D eigenvalue weighted by molar-refractivity contribution is -0.138. The molecule has 10 heteroatoms. The van der Waals surface area contributed by atoms with Gasteiger partial charge in [-0.2, -0.15) is 4.98 Å². The van der Waals surface area contributed by atoms with E-state index >= 15 is 0 Å². The predicted octanol–water partition coefficient (Wildman–Crippen LogP) is 7.07. The Morgan fingerprint density at radius 2 is 2.02 bits per heavy atom. The van der Waals surface area contributed by atoms with Crippen LogP contribution >= 0.6 is 23.4 Å². The first-order valence-electron chi connectivity index (χ1n) is 13.3. The summed E-state index contributed by atoms with van der Waals surface area (Å²) in [5.74, 6) is 2.46. The average Bonchev–Trinajstić information content (AvgIpc) is 3.33. The topological polar surface area (TPSA) is 87.5 Å². The van der Waals surface area contributed by atoms with Crippen molar-refractivity contribution in [2.24, 2.45) is 5.92 Å². The number of nitrogens with one attached hydrogen (secondary N) is 1. The van der Waals surface area contributed by atoms with Crippen molar-refractivity contribution >= 4 is 35.3 Å². The molecule has 0 saturated carbocycles. The number of hydrogen-bond acceptors (Lipinski definition) is 8. The first-order valence-corrected chi connectivity index (χ1v) is 14.7. The van der Waals surface area contributed by atoms with Crippen LogP contribution < -0.4 is 14.8 Å². The summed E-state index contributed by atoms with van der Waals surface area (Å²) >= 11 is 7.82. The number of rotatable bonds is 13. The van der Waals surface area contributed by atoms with Gasteiger partial charge in [0, 0.05) is 16.5 Å². The van der Waals surface area contributed by atoms with E-state index in [1.54, 1.807) is 10.8 Å². The SMILES string of the molecule is C=CCOC(=O)C1=C(C)Nc2nc(SCc3ccccc3Cl)nn2C1c1ccc(OCCC(C)C)c(OCC)c1. The number of fused-ring (bicyclic) bond motifs is 1. The Balaban J connectivity index is 1.71. The normalized spacial score (nSPS) is 14.5. The van der Waals surface area contributed by atoms with Crippen molar-refractivity contribution in [2.45, 2.75) is 51.1 Å². The summed E-state index contributed by atoms with van der Waals surface area (Å²) in [6.07, 6.45) is 2.47. The molecule has 0 saturated heterocycles. The van der Waals surface area contributed by atoms with Gasteiger partial charge in [-0.1, -0.05) is 74.1 Å². The van der Waals surface area contributed by atoms with Crippen LogP contribution in [-0.2, 0) is 15.3 Å². The lowest BCUT2D eigenvalue weighted by atomic mass is 9.95. The second-order valence-electron chi connectivity index (χ2n) is 9.67.